The molecule has 0 aliphatic carbocycles. The van der Waals surface area contributed by atoms with E-state index in [1.807, 2.05) is 54.9 Å². The van der Waals surface area contributed by atoms with Gasteiger partial charge in [0.25, 0.3) is 0 Å². The fourth-order valence-electron chi connectivity index (χ4n) is 4.65. The second-order valence-corrected chi connectivity index (χ2v) is 8.53. The maximum atomic E-state index is 12.6. The molecule has 1 unspecified atom stereocenters. The Labute approximate surface area is 198 Å². The molecule has 1 aromatic heterocycles. The molecule has 1 aliphatic rings. The monoisotopic (exact) mass is 462 g/mol. The third-order valence-electron chi connectivity index (χ3n) is 6.46. The van der Waals surface area contributed by atoms with Crippen LogP contribution in [0.1, 0.15) is 54.0 Å². The number of hydrogen-bond acceptors (Lipinski definition) is 5. The topological polar surface area (TPSA) is 97.6 Å². The van der Waals surface area contributed by atoms with Gasteiger partial charge in [-0.05, 0) is 61.1 Å². The number of nitrogens with zero attached hydrogens (tertiary/aromatic N) is 4. The Hall–Kier alpha value is -3.68. The van der Waals surface area contributed by atoms with E-state index in [0.717, 1.165) is 38.9 Å². The lowest BCUT2D eigenvalue weighted by Gasteiger charge is -2.28. The summed E-state index contributed by atoms with van der Waals surface area (Å²) in [5, 5.41) is 18.2. The Balaban J connectivity index is 1.76. The van der Waals surface area contributed by atoms with Gasteiger partial charge in [0.2, 0.25) is 0 Å². The van der Waals surface area contributed by atoms with Crippen molar-refractivity contribution in [1.29, 1.82) is 0 Å². The smallest absolute Gasteiger partial charge is 0.407 e. The van der Waals surface area contributed by atoms with E-state index in [9.17, 15) is 14.7 Å². The number of benzene rings is 2. The Morgan fingerprint density at radius 1 is 1.24 bits per heavy atom. The quantitative estimate of drug-likeness (QED) is 0.412. The van der Waals surface area contributed by atoms with Crippen molar-refractivity contribution in [1.82, 2.24) is 19.9 Å². The zero-order chi connectivity index (χ0) is 24.2. The van der Waals surface area contributed by atoms with Gasteiger partial charge in [0.1, 0.15) is 5.52 Å². The van der Waals surface area contributed by atoms with Crippen molar-refractivity contribution in [2.45, 2.75) is 52.6 Å². The molecule has 0 radical (unpaired) electrons. The molecule has 8 nitrogen and oxygen atoms in total. The highest BCUT2D eigenvalue weighted by atomic mass is 16.5. The zero-order valence-electron chi connectivity index (χ0n) is 19.8. The highest BCUT2D eigenvalue weighted by Gasteiger charge is 2.26. The molecule has 0 saturated heterocycles. The molecule has 1 amide bonds. The molecule has 0 bridgehead atoms. The van der Waals surface area contributed by atoms with Crippen molar-refractivity contribution < 1.29 is 19.4 Å². The highest BCUT2D eigenvalue weighted by molar-refractivity contribution is 5.80. The van der Waals surface area contributed by atoms with Gasteiger partial charge in [-0.2, -0.15) is 0 Å². The summed E-state index contributed by atoms with van der Waals surface area (Å²) in [5.74, 6) is -0.511. The standard InChI is InChI=1S/C26H30N4O4/c1-4-6-12-30-23-10-9-21(17(3)25(23)27-28-30)22(15-24(31)34-5-2)19-8-7-18-11-13-29(26(32)33)16-20(18)14-19/h4,6-10,14,22H,5,11-13,15-16H2,1-3H3,(H,32,33)/b6-4+. The molecule has 0 saturated carbocycles. The summed E-state index contributed by atoms with van der Waals surface area (Å²) in [4.78, 5) is 25.5. The Kier molecular flexibility index (Phi) is 6.95. The minimum atomic E-state index is -0.915. The van der Waals surface area contributed by atoms with E-state index in [-0.39, 0.29) is 18.3 Å². The molecule has 0 fully saturated rings. The van der Waals surface area contributed by atoms with E-state index in [0.29, 0.717) is 32.7 Å². The van der Waals surface area contributed by atoms with E-state index >= 15 is 0 Å². The van der Waals surface area contributed by atoms with Crippen molar-refractivity contribution in [3.63, 3.8) is 0 Å². The zero-order valence-corrected chi connectivity index (χ0v) is 19.8. The normalized spacial score (nSPS) is 14.4. The fraction of sp³-hybridized carbons (Fsp3) is 0.385. The van der Waals surface area contributed by atoms with Crippen molar-refractivity contribution in [2.24, 2.45) is 0 Å². The number of rotatable bonds is 7. The van der Waals surface area contributed by atoms with Gasteiger partial charge in [0.15, 0.2) is 0 Å². The molecule has 0 spiro atoms. The van der Waals surface area contributed by atoms with E-state index in [4.69, 9.17) is 4.74 Å². The van der Waals surface area contributed by atoms with Crippen molar-refractivity contribution in [2.75, 3.05) is 13.2 Å². The molecular weight excluding hydrogens is 432 g/mol. The predicted molar refractivity (Wildman–Crippen MR) is 129 cm³/mol. The van der Waals surface area contributed by atoms with Crippen LogP contribution < -0.4 is 0 Å². The predicted octanol–water partition coefficient (Wildman–Crippen LogP) is 4.44. The van der Waals surface area contributed by atoms with Crippen LogP contribution in [0.5, 0.6) is 0 Å². The van der Waals surface area contributed by atoms with Crippen LogP contribution in [0.2, 0.25) is 0 Å². The number of amides is 1. The van der Waals surface area contributed by atoms with Gasteiger partial charge in [0, 0.05) is 19.0 Å². The van der Waals surface area contributed by atoms with Crippen LogP contribution in [0.15, 0.2) is 42.5 Å². The molecule has 178 valence electrons. The first-order valence-electron chi connectivity index (χ1n) is 11.6. The number of carbonyl (C=O) groups excluding carboxylic acids is 1. The lowest BCUT2D eigenvalue weighted by molar-refractivity contribution is -0.143. The molecule has 2 heterocycles. The summed E-state index contributed by atoms with van der Waals surface area (Å²) in [6.07, 6.45) is 3.96. The Morgan fingerprint density at radius 3 is 2.79 bits per heavy atom. The second-order valence-electron chi connectivity index (χ2n) is 8.53. The van der Waals surface area contributed by atoms with E-state index in [1.54, 1.807) is 6.92 Å². The minimum absolute atomic E-state index is 0.189. The third kappa shape index (κ3) is 4.66. The molecule has 1 aliphatic heterocycles. The molecule has 1 N–H and O–H groups in total. The average Bonchev–Trinajstić information content (AvgIpc) is 3.25. The van der Waals surface area contributed by atoms with E-state index < -0.39 is 6.09 Å². The molecule has 3 aromatic rings. The van der Waals surface area contributed by atoms with E-state index in [1.165, 1.54) is 4.90 Å². The van der Waals surface area contributed by atoms with Crippen LogP contribution in [-0.4, -0.2) is 50.2 Å². The summed E-state index contributed by atoms with van der Waals surface area (Å²) in [5.41, 5.74) is 6.81. The number of allylic oxidation sites excluding steroid dienone is 2. The first-order chi connectivity index (χ1) is 16.4. The number of fused-ring (bicyclic) bond motifs is 2. The summed E-state index contributed by atoms with van der Waals surface area (Å²) >= 11 is 0. The van der Waals surface area contributed by atoms with Crippen molar-refractivity contribution in [3.8, 4) is 0 Å². The van der Waals surface area contributed by atoms with Crippen LogP contribution in [0.3, 0.4) is 0 Å². The Bertz CT molecular complexity index is 1250. The van der Waals surface area contributed by atoms with Crippen LogP contribution in [0.4, 0.5) is 4.79 Å². The molecule has 2 aromatic carbocycles. The summed E-state index contributed by atoms with van der Waals surface area (Å²) in [6, 6.07) is 10.2. The summed E-state index contributed by atoms with van der Waals surface area (Å²) in [7, 11) is 0. The number of aromatic nitrogens is 3. The van der Waals surface area contributed by atoms with Crippen LogP contribution >= 0.6 is 0 Å². The number of aryl methyl sites for hydroxylation is 1. The number of esters is 1. The van der Waals surface area contributed by atoms with Crippen LogP contribution in [0, 0.1) is 6.92 Å². The first-order valence-corrected chi connectivity index (χ1v) is 11.6. The molecule has 4 rings (SSSR count). The molecule has 8 heteroatoms. The minimum Gasteiger partial charge on any atom is -0.466 e. The fourth-order valence-corrected chi connectivity index (χ4v) is 4.65. The Morgan fingerprint density at radius 2 is 2.06 bits per heavy atom. The SMILES string of the molecule is C/C=C/Cn1nnc2c(C)c(C(CC(=O)OCC)c3ccc4c(c3)CN(C(=O)O)CC4)ccc21. The summed E-state index contributed by atoms with van der Waals surface area (Å²) in [6.45, 7) is 7.58. The van der Waals surface area contributed by atoms with Gasteiger partial charge in [-0.25, -0.2) is 9.48 Å². The lowest BCUT2D eigenvalue weighted by atomic mass is 9.83. The van der Waals surface area contributed by atoms with Gasteiger partial charge in [-0.15, -0.1) is 5.10 Å². The largest absolute Gasteiger partial charge is 0.466 e. The lowest BCUT2D eigenvalue weighted by Crippen LogP contribution is -2.34. The van der Waals surface area contributed by atoms with Crippen molar-refractivity contribution in [3.05, 3.63) is 70.3 Å². The molecular formula is C26H30N4O4. The van der Waals surface area contributed by atoms with Gasteiger partial charge < -0.3 is 14.7 Å². The van der Waals surface area contributed by atoms with Gasteiger partial charge in [0.05, 0.1) is 25.1 Å². The first kappa shape index (κ1) is 23.5. The van der Waals surface area contributed by atoms with E-state index in [2.05, 4.69) is 16.4 Å². The van der Waals surface area contributed by atoms with Crippen LogP contribution in [-0.2, 0) is 29.0 Å². The van der Waals surface area contributed by atoms with Crippen molar-refractivity contribution >= 4 is 23.1 Å². The second kappa shape index (κ2) is 10.1. The molecule has 1 atom stereocenters. The van der Waals surface area contributed by atoms with Gasteiger partial charge >= 0.3 is 12.1 Å². The maximum Gasteiger partial charge on any atom is 0.407 e. The molecule has 34 heavy (non-hydrogen) atoms. The summed E-state index contributed by atoms with van der Waals surface area (Å²) < 4.78 is 7.14. The number of hydrogen-bond donors (Lipinski definition) is 1. The van der Waals surface area contributed by atoms with Gasteiger partial charge in [-0.3, -0.25) is 4.79 Å². The van der Waals surface area contributed by atoms with Gasteiger partial charge in [-0.1, -0.05) is 41.6 Å². The maximum absolute atomic E-state index is 12.6. The number of ether oxygens (including phenoxy) is 1. The average molecular weight is 463 g/mol. The number of carboxylic acid groups (broad SMARTS) is 1. The highest BCUT2D eigenvalue weighted by Crippen LogP contribution is 2.35. The number of carbonyl (C=O) groups is 2. The third-order valence-corrected chi connectivity index (χ3v) is 6.46. The van der Waals surface area contributed by atoms with Crippen LogP contribution in [0.25, 0.3) is 11.0 Å².